The maximum Gasteiger partial charge on any atom is 0.303 e. The summed E-state index contributed by atoms with van der Waals surface area (Å²) in [6.07, 6.45) is 12.7. The van der Waals surface area contributed by atoms with Crippen LogP contribution in [0.1, 0.15) is 78.6 Å². The highest BCUT2D eigenvalue weighted by molar-refractivity contribution is 5.66. The van der Waals surface area contributed by atoms with Gasteiger partial charge in [0.25, 0.3) is 0 Å². The lowest BCUT2D eigenvalue weighted by Crippen LogP contribution is -3.00. The first-order chi connectivity index (χ1) is 18.2. The summed E-state index contributed by atoms with van der Waals surface area (Å²) in [7, 11) is 0. The first-order valence-electron chi connectivity index (χ1n) is 15.9. The molecule has 2 aliphatic heterocycles. The minimum absolute atomic E-state index is 0. The van der Waals surface area contributed by atoms with Gasteiger partial charge in [0.15, 0.2) is 6.10 Å². The summed E-state index contributed by atoms with van der Waals surface area (Å²) in [5, 5.41) is 11.3. The van der Waals surface area contributed by atoms with E-state index in [1.54, 1.807) is 6.92 Å². The van der Waals surface area contributed by atoms with Crippen molar-refractivity contribution in [1.29, 1.82) is 0 Å². The number of ether oxygens (including phenoxy) is 2. The van der Waals surface area contributed by atoms with Crippen LogP contribution in [0.3, 0.4) is 0 Å². The fraction of sp³-hybridized carbons (Fsp3) is 0.906. The van der Waals surface area contributed by atoms with E-state index in [1.165, 1.54) is 51.6 Å². The highest BCUT2D eigenvalue weighted by Crippen LogP contribution is 2.67. The molecule has 0 radical (unpaired) electrons. The summed E-state index contributed by atoms with van der Waals surface area (Å²) in [6, 6.07) is 0.663. The number of likely N-dealkylation sites (tertiary alicyclic amines) is 1. The molecule has 6 aliphatic rings. The first-order valence-corrected chi connectivity index (χ1v) is 15.9. The quantitative estimate of drug-likeness (QED) is 0.291. The third kappa shape index (κ3) is 4.88. The summed E-state index contributed by atoms with van der Waals surface area (Å²) in [6.45, 7) is 17.7. The number of aliphatic hydroxyl groups is 1. The Hall–Kier alpha value is -0.470. The molecule has 6 fully saturated rings. The van der Waals surface area contributed by atoms with E-state index in [9.17, 15) is 9.90 Å². The van der Waals surface area contributed by atoms with Gasteiger partial charge in [-0.15, -0.1) is 0 Å². The van der Waals surface area contributed by atoms with Crippen molar-refractivity contribution in [3.8, 4) is 0 Å². The van der Waals surface area contributed by atoms with Gasteiger partial charge in [-0.2, -0.15) is 0 Å². The number of rotatable bonds is 5. The van der Waals surface area contributed by atoms with Crippen molar-refractivity contribution >= 4 is 5.97 Å². The van der Waals surface area contributed by atoms with Gasteiger partial charge in [0.1, 0.15) is 6.04 Å². The van der Waals surface area contributed by atoms with Crippen LogP contribution in [0.15, 0.2) is 12.7 Å². The Bertz CT molecular complexity index is 905. The maximum absolute atomic E-state index is 12.5. The van der Waals surface area contributed by atoms with Gasteiger partial charge in [0.05, 0.1) is 39.0 Å². The summed E-state index contributed by atoms with van der Waals surface area (Å²) in [5.74, 6) is 2.54. The zero-order valence-corrected chi connectivity index (χ0v) is 26.2. The molecule has 2 saturated heterocycles. The van der Waals surface area contributed by atoms with Gasteiger partial charge in [-0.1, -0.05) is 20.4 Å². The fourth-order valence-corrected chi connectivity index (χ4v) is 11.3. The van der Waals surface area contributed by atoms with Crippen molar-refractivity contribution < 1.29 is 40.8 Å². The summed E-state index contributed by atoms with van der Waals surface area (Å²) < 4.78 is 13.1. The SMILES string of the molecule is C=CC[N+]1([C@H]2CC3C4CC[C@@H]5C[C@H](O)[C@@H](N6CCOCC6)C[C@]5(C)C4CC[C@]3(C)[C@H]2OC(C)=O)CCCC1.[Br-]. The predicted octanol–water partition coefficient (Wildman–Crippen LogP) is 1.41. The third-order valence-electron chi connectivity index (χ3n) is 13.1. The highest BCUT2D eigenvalue weighted by atomic mass is 79.9. The normalized spacial score (nSPS) is 47.3. The Labute approximate surface area is 247 Å². The standard InChI is InChI=1S/C32H53N2O4.BrH/c1-5-14-34(15-6-7-16-34)28-20-26-24-9-8-23-19-29(36)27(33-12-17-37-18-13-33)21-32(23,4)25(24)10-11-31(26,3)30(28)38-22(2)35;/h5,23-30,36H,1,6-21H2,2-4H3;1H/q+1;/p-1/t23-,24?,25?,26?,27+,28+,29+,30+,31+,32+;/m1./s1. The zero-order chi connectivity index (χ0) is 26.7. The molecule has 0 bridgehead atoms. The second kappa shape index (κ2) is 11.3. The first kappa shape index (κ1) is 30.0. The molecule has 0 aromatic heterocycles. The number of quaternary nitrogens is 1. The molecule has 2 heterocycles. The molecule has 7 heteroatoms. The van der Waals surface area contributed by atoms with E-state index < -0.39 is 0 Å². The van der Waals surface area contributed by atoms with E-state index in [0.717, 1.165) is 56.6 Å². The molecule has 0 aromatic carbocycles. The molecule has 3 unspecified atom stereocenters. The molecule has 6 nitrogen and oxygen atoms in total. The van der Waals surface area contributed by atoms with Crippen molar-refractivity contribution in [1.82, 2.24) is 4.90 Å². The van der Waals surface area contributed by atoms with Gasteiger partial charge in [-0.25, -0.2) is 0 Å². The van der Waals surface area contributed by atoms with Crippen LogP contribution in [0.2, 0.25) is 0 Å². The van der Waals surface area contributed by atoms with Crippen LogP contribution in [-0.4, -0.2) is 90.7 Å². The molecule has 222 valence electrons. The van der Waals surface area contributed by atoms with E-state index >= 15 is 0 Å². The summed E-state index contributed by atoms with van der Waals surface area (Å²) >= 11 is 0. The van der Waals surface area contributed by atoms with Crippen molar-refractivity contribution in [2.75, 3.05) is 45.9 Å². The van der Waals surface area contributed by atoms with E-state index in [-0.39, 0.29) is 52.0 Å². The summed E-state index contributed by atoms with van der Waals surface area (Å²) in [4.78, 5) is 15.0. The third-order valence-corrected chi connectivity index (χ3v) is 13.1. The predicted molar refractivity (Wildman–Crippen MR) is 148 cm³/mol. The molecule has 4 aliphatic carbocycles. The smallest absolute Gasteiger partial charge is 0.303 e. The average Bonchev–Trinajstić information content (AvgIpc) is 3.48. The number of morpholine rings is 1. The van der Waals surface area contributed by atoms with Crippen LogP contribution in [-0.2, 0) is 14.3 Å². The zero-order valence-electron chi connectivity index (χ0n) is 24.7. The number of halogens is 1. The van der Waals surface area contributed by atoms with Gasteiger partial charge in [-0.05, 0) is 73.7 Å². The molecule has 4 saturated carbocycles. The van der Waals surface area contributed by atoms with Gasteiger partial charge in [0.2, 0.25) is 0 Å². The van der Waals surface area contributed by atoms with Gasteiger partial charge in [0, 0.05) is 50.7 Å². The van der Waals surface area contributed by atoms with Crippen LogP contribution < -0.4 is 17.0 Å². The highest BCUT2D eigenvalue weighted by Gasteiger charge is 2.67. The van der Waals surface area contributed by atoms with Gasteiger partial charge < -0.3 is 36.0 Å². The van der Waals surface area contributed by atoms with Crippen molar-refractivity contribution in [2.45, 2.75) is 103 Å². The number of hydrogen-bond acceptors (Lipinski definition) is 5. The Morgan fingerprint density at radius 3 is 2.49 bits per heavy atom. The van der Waals surface area contributed by atoms with Gasteiger partial charge in [-0.3, -0.25) is 9.69 Å². The largest absolute Gasteiger partial charge is 1.00 e. The number of hydrogen-bond donors (Lipinski definition) is 1. The lowest BCUT2D eigenvalue weighted by Gasteiger charge is -2.62. The molecular formula is C32H53BrN2O4. The van der Waals surface area contributed by atoms with Crippen molar-refractivity contribution in [2.24, 2.45) is 34.5 Å². The van der Waals surface area contributed by atoms with E-state index in [4.69, 9.17) is 9.47 Å². The molecule has 0 aromatic rings. The van der Waals surface area contributed by atoms with E-state index in [2.05, 4.69) is 31.4 Å². The number of esters is 1. The molecule has 10 atom stereocenters. The van der Waals surface area contributed by atoms with Crippen LogP contribution in [0.4, 0.5) is 0 Å². The van der Waals surface area contributed by atoms with Crippen LogP contribution in [0.25, 0.3) is 0 Å². The van der Waals surface area contributed by atoms with Crippen molar-refractivity contribution in [3.63, 3.8) is 0 Å². The fourth-order valence-electron chi connectivity index (χ4n) is 11.3. The minimum Gasteiger partial charge on any atom is -1.00 e. The van der Waals surface area contributed by atoms with Crippen molar-refractivity contribution in [3.05, 3.63) is 12.7 Å². The molecule has 1 N–H and O–H groups in total. The number of carbonyl (C=O) groups excluding carboxylic acids is 1. The van der Waals surface area contributed by atoms with Gasteiger partial charge >= 0.3 is 5.97 Å². The molecule has 39 heavy (non-hydrogen) atoms. The molecule has 6 rings (SSSR count). The van der Waals surface area contributed by atoms with Crippen LogP contribution in [0.5, 0.6) is 0 Å². The Morgan fingerprint density at radius 1 is 1.10 bits per heavy atom. The van der Waals surface area contributed by atoms with E-state index in [1.807, 2.05) is 0 Å². The van der Waals surface area contributed by atoms with E-state index in [0.29, 0.717) is 29.7 Å². The number of fused-ring (bicyclic) bond motifs is 5. The number of carbonyl (C=O) groups is 1. The second-order valence-electron chi connectivity index (χ2n) is 14.6. The molecule has 0 amide bonds. The van der Waals surface area contributed by atoms with Crippen LogP contribution >= 0.6 is 0 Å². The maximum atomic E-state index is 12.5. The Morgan fingerprint density at radius 2 is 1.82 bits per heavy atom. The molecular weight excluding hydrogens is 556 g/mol. The minimum atomic E-state index is -0.209. The summed E-state index contributed by atoms with van der Waals surface area (Å²) in [5.41, 5.74) is 0.343. The Balaban J connectivity index is 0.00000308. The number of aliphatic hydroxyl groups excluding tert-OH is 1. The lowest BCUT2D eigenvalue weighted by molar-refractivity contribution is -0.937. The topological polar surface area (TPSA) is 59.0 Å². The van der Waals surface area contributed by atoms with Crippen LogP contribution in [0, 0.1) is 34.5 Å². The second-order valence-corrected chi connectivity index (χ2v) is 14.6. The number of nitrogens with zero attached hydrogens (tertiary/aromatic N) is 2. The average molecular weight is 610 g/mol. The monoisotopic (exact) mass is 608 g/mol. The Kier molecular flexibility index (Phi) is 8.70. The molecule has 0 spiro atoms. The lowest BCUT2D eigenvalue weighted by atomic mass is 9.44.